The van der Waals surface area contributed by atoms with E-state index < -0.39 is 17.7 Å². The number of benzene rings is 3. The van der Waals surface area contributed by atoms with Crippen LogP contribution in [0.25, 0.3) is 16.0 Å². The molecule has 0 aliphatic carbocycles. The van der Waals surface area contributed by atoms with Gasteiger partial charge in [0.2, 0.25) is 0 Å². The number of anilines is 1. The summed E-state index contributed by atoms with van der Waals surface area (Å²) in [5, 5.41) is 11.9. The Bertz CT molecular complexity index is 1550. The number of fused-ring (bicyclic) bond motifs is 1. The van der Waals surface area contributed by atoms with E-state index in [4.69, 9.17) is 9.72 Å². The Balaban J connectivity index is 1.71. The highest BCUT2D eigenvalue weighted by atomic mass is 32.1. The number of aryl methyl sites for hydroxylation is 3. The first kappa shape index (κ1) is 24.7. The number of aromatic nitrogens is 1. The lowest BCUT2D eigenvalue weighted by atomic mass is 9.93. The zero-order valence-electron chi connectivity index (χ0n) is 21.2. The van der Waals surface area contributed by atoms with Gasteiger partial charge in [0, 0.05) is 5.56 Å². The number of carbonyl (C=O) groups excluding carboxylic acids is 2. The van der Waals surface area contributed by atoms with Crippen molar-refractivity contribution in [3.63, 3.8) is 0 Å². The Morgan fingerprint density at radius 3 is 2.49 bits per heavy atom. The molecule has 2 heterocycles. The number of ether oxygens (including phenoxy) is 1. The molecule has 4 aromatic rings. The van der Waals surface area contributed by atoms with Gasteiger partial charge in [-0.15, -0.1) is 0 Å². The molecule has 1 N–H and O–H groups in total. The van der Waals surface area contributed by atoms with Crippen LogP contribution in [0, 0.1) is 13.8 Å². The predicted octanol–water partition coefficient (Wildman–Crippen LogP) is 6.50. The first-order valence-electron chi connectivity index (χ1n) is 12.3. The molecule has 0 bridgehead atoms. The topological polar surface area (TPSA) is 79.7 Å². The predicted molar refractivity (Wildman–Crippen MR) is 147 cm³/mol. The molecule has 1 aliphatic rings. The van der Waals surface area contributed by atoms with Crippen LogP contribution in [0.3, 0.4) is 0 Å². The molecule has 0 spiro atoms. The number of aliphatic hydroxyl groups excluding tert-OH is 1. The van der Waals surface area contributed by atoms with Crippen LogP contribution in [0.15, 0.2) is 66.2 Å². The fraction of sp³-hybridized carbons (Fsp3) is 0.233. The van der Waals surface area contributed by atoms with Crippen molar-refractivity contribution in [3.05, 3.63) is 94.1 Å². The van der Waals surface area contributed by atoms with Crippen LogP contribution in [-0.4, -0.2) is 28.4 Å². The SMILES string of the molecule is CCOc1ccc2nc(N3C(=O)C(=O)/C(=C(/O)c4cc(C)ccc4C)C3c3ccc(CC)cc3)sc2c1. The highest BCUT2D eigenvalue weighted by Gasteiger charge is 2.48. The zero-order chi connectivity index (χ0) is 26.3. The Kier molecular flexibility index (Phi) is 6.56. The first-order valence-corrected chi connectivity index (χ1v) is 13.1. The summed E-state index contributed by atoms with van der Waals surface area (Å²) in [6.07, 6.45) is 0.864. The molecule has 5 rings (SSSR count). The number of amides is 1. The van der Waals surface area contributed by atoms with E-state index in [1.807, 2.05) is 81.4 Å². The number of thiazole rings is 1. The van der Waals surface area contributed by atoms with Crippen molar-refractivity contribution >= 4 is 44.1 Å². The first-order chi connectivity index (χ1) is 17.8. The van der Waals surface area contributed by atoms with Crippen LogP contribution in [0.1, 0.15) is 47.7 Å². The van der Waals surface area contributed by atoms with E-state index in [1.54, 1.807) is 0 Å². The van der Waals surface area contributed by atoms with Crippen LogP contribution in [-0.2, 0) is 16.0 Å². The second-order valence-corrected chi connectivity index (χ2v) is 10.2. The second kappa shape index (κ2) is 9.82. The summed E-state index contributed by atoms with van der Waals surface area (Å²) in [7, 11) is 0. The molecule has 7 heteroatoms. The number of carbonyl (C=O) groups is 2. The minimum atomic E-state index is -0.808. The van der Waals surface area contributed by atoms with Crippen molar-refractivity contribution in [2.45, 2.75) is 40.2 Å². The lowest BCUT2D eigenvalue weighted by Crippen LogP contribution is -2.29. The van der Waals surface area contributed by atoms with Crippen LogP contribution < -0.4 is 9.64 Å². The van der Waals surface area contributed by atoms with Gasteiger partial charge in [-0.05, 0) is 68.1 Å². The maximum absolute atomic E-state index is 13.5. The highest BCUT2D eigenvalue weighted by molar-refractivity contribution is 7.22. The summed E-state index contributed by atoms with van der Waals surface area (Å²) in [6, 6.07) is 18.2. The van der Waals surface area contributed by atoms with Crippen molar-refractivity contribution in [3.8, 4) is 5.75 Å². The third-order valence-electron chi connectivity index (χ3n) is 6.66. The largest absolute Gasteiger partial charge is 0.507 e. The van der Waals surface area contributed by atoms with Crippen molar-refractivity contribution in [1.29, 1.82) is 0 Å². The summed E-state index contributed by atoms with van der Waals surface area (Å²) in [6.45, 7) is 8.32. The fourth-order valence-corrected chi connectivity index (χ4v) is 5.69. The molecule has 1 aromatic heterocycles. The molecular weight excluding hydrogens is 484 g/mol. The Morgan fingerprint density at radius 1 is 1.03 bits per heavy atom. The van der Waals surface area contributed by atoms with E-state index in [1.165, 1.54) is 16.2 Å². The van der Waals surface area contributed by atoms with Crippen LogP contribution in [0.5, 0.6) is 5.75 Å². The van der Waals surface area contributed by atoms with Gasteiger partial charge in [0.05, 0.1) is 28.4 Å². The van der Waals surface area contributed by atoms with E-state index >= 15 is 0 Å². The minimum absolute atomic E-state index is 0.0669. The molecule has 188 valence electrons. The number of Topliss-reactive ketones (excluding diaryl/α,β-unsaturated/α-hetero) is 1. The summed E-state index contributed by atoms with van der Waals surface area (Å²) >= 11 is 1.32. The molecule has 1 saturated heterocycles. The minimum Gasteiger partial charge on any atom is -0.507 e. The molecule has 0 saturated carbocycles. The Labute approximate surface area is 219 Å². The number of aliphatic hydroxyl groups is 1. The van der Waals surface area contributed by atoms with Crippen LogP contribution >= 0.6 is 11.3 Å². The number of nitrogens with zero attached hydrogens (tertiary/aromatic N) is 2. The van der Waals surface area contributed by atoms with E-state index in [0.717, 1.165) is 33.4 Å². The zero-order valence-corrected chi connectivity index (χ0v) is 22.1. The monoisotopic (exact) mass is 512 g/mol. The Morgan fingerprint density at radius 2 is 1.78 bits per heavy atom. The van der Waals surface area contributed by atoms with Crippen LogP contribution in [0.4, 0.5) is 5.13 Å². The quantitative estimate of drug-likeness (QED) is 0.181. The molecule has 1 fully saturated rings. The average molecular weight is 513 g/mol. The van der Waals surface area contributed by atoms with E-state index in [0.29, 0.717) is 28.6 Å². The molecule has 1 aliphatic heterocycles. The normalized spacial score (nSPS) is 17.1. The smallest absolute Gasteiger partial charge is 0.301 e. The van der Waals surface area contributed by atoms with Gasteiger partial charge >= 0.3 is 5.91 Å². The van der Waals surface area contributed by atoms with Gasteiger partial charge in [0.15, 0.2) is 5.13 Å². The Hall–Kier alpha value is -3.97. The van der Waals surface area contributed by atoms with Gasteiger partial charge in [-0.3, -0.25) is 14.5 Å². The molecule has 1 atom stereocenters. The number of hydrogen-bond donors (Lipinski definition) is 1. The second-order valence-electron chi connectivity index (χ2n) is 9.14. The van der Waals surface area contributed by atoms with Crippen molar-refractivity contribution in [1.82, 2.24) is 4.98 Å². The van der Waals surface area contributed by atoms with Gasteiger partial charge in [-0.1, -0.05) is 60.2 Å². The summed E-state index contributed by atoms with van der Waals surface area (Å²) in [4.78, 5) is 33.2. The summed E-state index contributed by atoms with van der Waals surface area (Å²) in [5.41, 5.74) is 4.95. The summed E-state index contributed by atoms with van der Waals surface area (Å²) in [5.74, 6) is -0.891. The van der Waals surface area contributed by atoms with Crippen molar-refractivity contribution in [2.24, 2.45) is 0 Å². The van der Waals surface area contributed by atoms with Crippen molar-refractivity contribution in [2.75, 3.05) is 11.5 Å². The third kappa shape index (κ3) is 4.40. The maximum Gasteiger partial charge on any atom is 0.301 e. The molecule has 37 heavy (non-hydrogen) atoms. The molecule has 6 nitrogen and oxygen atoms in total. The third-order valence-corrected chi connectivity index (χ3v) is 7.68. The molecule has 1 unspecified atom stereocenters. The standard InChI is InChI=1S/C30H28N2O4S/c1-5-19-9-11-20(12-10-19)26-25(27(33)22-15-17(3)7-8-18(22)4)28(34)29(35)32(26)30-31-23-14-13-21(36-6-2)16-24(23)37-30/h7-16,26,33H,5-6H2,1-4H3/b27-25+. The number of ketones is 1. The number of rotatable bonds is 6. The van der Waals surface area contributed by atoms with Gasteiger partial charge in [0.1, 0.15) is 11.5 Å². The molecule has 3 aromatic carbocycles. The van der Waals surface area contributed by atoms with Gasteiger partial charge < -0.3 is 9.84 Å². The highest BCUT2D eigenvalue weighted by Crippen LogP contribution is 2.45. The average Bonchev–Trinajstić information content (AvgIpc) is 3.43. The molecule has 1 amide bonds. The summed E-state index contributed by atoms with van der Waals surface area (Å²) < 4.78 is 6.47. The maximum atomic E-state index is 13.5. The van der Waals surface area contributed by atoms with Crippen LogP contribution in [0.2, 0.25) is 0 Å². The lowest BCUT2D eigenvalue weighted by Gasteiger charge is -2.23. The molecule has 0 radical (unpaired) electrons. The fourth-order valence-electron chi connectivity index (χ4n) is 4.67. The van der Waals surface area contributed by atoms with Crippen molar-refractivity contribution < 1.29 is 19.4 Å². The van der Waals surface area contributed by atoms with Gasteiger partial charge in [-0.2, -0.15) is 0 Å². The van der Waals surface area contributed by atoms with E-state index in [2.05, 4.69) is 6.92 Å². The van der Waals surface area contributed by atoms with Gasteiger partial charge in [0.25, 0.3) is 5.78 Å². The van der Waals surface area contributed by atoms with E-state index in [-0.39, 0.29) is 11.3 Å². The molecular formula is C30H28N2O4S. The number of hydrogen-bond acceptors (Lipinski definition) is 6. The lowest BCUT2D eigenvalue weighted by molar-refractivity contribution is -0.132. The van der Waals surface area contributed by atoms with Gasteiger partial charge in [-0.25, -0.2) is 4.98 Å². The van der Waals surface area contributed by atoms with E-state index in [9.17, 15) is 14.7 Å².